The number of aldehydes is 1. The Morgan fingerprint density at radius 1 is 1.15 bits per heavy atom. The maximum absolute atomic E-state index is 12.0. The third-order valence-electron chi connectivity index (χ3n) is 4.17. The van der Waals surface area contributed by atoms with Crippen LogP contribution in [0.1, 0.15) is 32.6 Å². The monoisotopic (exact) mass is 361 g/mol. The Bertz CT molecular complexity index is 1010. The summed E-state index contributed by atoms with van der Waals surface area (Å²) >= 11 is 0. The Kier molecular flexibility index (Phi) is 4.13. The number of hydrogen-bond acceptors (Lipinski definition) is 6. The number of hydrogen-bond donors (Lipinski definition) is 1. The fourth-order valence-corrected chi connectivity index (χ4v) is 2.86. The van der Waals surface area contributed by atoms with Crippen LogP contribution in [-0.4, -0.2) is 27.0 Å². The first-order valence-corrected chi connectivity index (χ1v) is 8.13. The molecule has 8 heteroatoms. The number of primary amides is 1. The number of anilines is 1. The minimum absolute atomic E-state index is 0.115. The zero-order valence-electron chi connectivity index (χ0n) is 14.1. The van der Waals surface area contributed by atoms with Crippen LogP contribution in [0.25, 0.3) is 5.69 Å². The highest BCUT2D eigenvalue weighted by Crippen LogP contribution is 2.34. The third-order valence-corrected chi connectivity index (χ3v) is 4.17. The van der Waals surface area contributed by atoms with E-state index in [0.717, 1.165) is 11.8 Å². The summed E-state index contributed by atoms with van der Waals surface area (Å²) in [7, 11) is 0. The van der Waals surface area contributed by atoms with Gasteiger partial charge in [-0.3, -0.25) is 14.6 Å². The van der Waals surface area contributed by atoms with Crippen LogP contribution in [0, 0.1) is 0 Å². The molecular weight excluding hydrogens is 346 g/mol. The Balaban J connectivity index is 1.75. The first kappa shape index (κ1) is 16.5. The van der Waals surface area contributed by atoms with E-state index < -0.39 is 12.1 Å². The van der Waals surface area contributed by atoms with Crippen LogP contribution in [0.2, 0.25) is 0 Å². The molecule has 0 saturated heterocycles. The summed E-state index contributed by atoms with van der Waals surface area (Å²) in [5.41, 5.74) is 8.28. The van der Waals surface area contributed by atoms with Gasteiger partial charge in [-0.2, -0.15) is 5.10 Å². The quantitative estimate of drug-likeness (QED) is 0.699. The number of aromatic nitrogens is 3. The van der Waals surface area contributed by atoms with Crippen molar-refractivity contribution in [2.24, 2.45) is 5.73 Å². The molecule has 1 aliphatic rings. The normalized spacial score (nSPS) is 15.6. The molecule has 3 aromatic rings. The zero-order chi connectivity index (χ0) is 18.8. The lowest BCUT2D eigenvalue weighted by molar-refractivity contribution is 0.0994. The first-order valence-electron chi connectivity index (χ1n) is 8.13. The minimum Gasteiger partial charge on any atom is -0.472 e. The van der Waals surface area contributed by atoms with Crippen molar-refractivity contribution in [2.45, 2.75) is 6.23 Å². The van der Waals surface area contributed by atoms with Crippen LogP contribution in [0.5, 0.6) is 0 Å². The fraction of sp³-hybridized carbons (Fsp3) is 0.0526. The van der Waals surface area contributed by atoms with Crippen molar-refractivity contribution in [2.75, 3.05) is 4.90 Å². The number of benzene rings is 1. The van der Waals surface area contributed by atoms with Crippen molar-refractivity contribution in [3.63, 3.8) is 0 Å². The lowest BCUT2D eigenvalue weighted by Gasteiger charge is -2.23. The molecule has 1 atom stereocenters. The Hall–Kier alpha value is -3.94. The number of nitrogens with two attached hydrogens (primary N) is 1. The highest BCUT2D eigenvalue weighted by atomic mass is 16.5. The van der Waals surface area contributed by atoms with Gasteiger partial charge in [-0.05, 0) is 36.4 Å². The molecule has 1 amide bonds. The SMILES string of the molecule is NC(=O)c1nn(-c2ccc(C=O)cc2)cc1N1C=COC1c1ccncc1. The smallest absolute Gasteiger partial charge is 0.271 e. The molecule has 27 heavy (non-hydrogen) atoms. The van der Waals surface area contributed by atoms with Crippen molar-refractivity contribution < 1.29 is 14.3 Å². The van der Waals surface area contributed by atoms with E-state index in [0.29, 0.717) is 16.9 Å². The van der Waals surface area contributed by atoms with Crippen molar-refractivity contribution in [1.82, 2.24) is 14.8 Å². The Labute approximate surface area is 154 Å². The van der Waals surface area contributed by atoms with Crippen molar-refractivity contribution in [3.05, 3.63) is 84.3 Å². The number of ether oxygens (including phenoxy) is 1. The summed E-state index contributed by atoms with van der Waals surface area (Å²) in [6.07, 6.45) is 8.61. The second-order valence-electron chi connectivity index (χ2n) is 5.84. The number of nitrogens with zero attached hydrogens (tertiary/aromatic N) is 4. The van der Waals surface area contributed by atoms with Gasteiger partial charge < -0.3 is 15.4 Å². The van der Waals surface area contributed by atoms with Gasteiger partial charge in [0, 0.05) is 29.7 Å². The molecular formula is C19H15N5O3. The summed E-state index contributed by atoms with van der Waals surface area (Å²) in [6, 6.07) is 10.5. The van der Waals surface area contributed by atoms with Crippen LogP contribution >= 0.6 is 0 Å². The van der Waals surface area contributed by atoms with E-state index in [9.17, 15) is 9.59 Å². The standard InChI is InChI=1S/C19H15N5O3/c20-18(26)17-16(11-24(22-17)15-3-1-13(12-25)2-4-15)23-9-10-27-19(23)14-5-7-21-8-6-14/h1-12,19H,(H2,20,26). The predicted octanol–water partition coefficient (Wildman–Crippen LogP) is 2.19. The third kappa shape index (κ3) is 3.04. The molecule has 0 radical (unpaired) electrons. The molecule has 1 aliphatic heterocycles. The lowest BCUT2D eigenvalue weighted by Crippen LogP contribution is -2.23. The molecule has 2 aromatic heterocycles. The summed E-state index contributed by atoms with van der Waals surface area (Å²) in [5, 5.41) is 4.32. The molecule has 0 bridgehead atoms. The van der Waals surface area contributed by atoms with Crippen molar-refractivity contribution in [1.29, 1.82) is 0 Å². The van der Waals surface area contributed by atoms with E-state index in [1.54, 1.807) is 64.9 Å². The fourth-order valence-electron chi connectivity index (χ4n) is 2.86. The van der Waals surface area contributed by atoms with Gasteiger partial charge in [0.2, 0.25) is 6.23 Å². The van der Waals surface area contributed by atoms with Crippen molar-refractivity contribution >= 4 is 17.9 Å². The Morgan fingerprint density at radius 3 is 2.56 bits per heavy atom. The van der Waals surface area contributed by atoms with E-state index in [-0.39, 0.29) is 5.69 Å². The van der Waals surface area contributed by atoms with Gasteiger partial charge in [0.05, 0.1) is 17.6 Å². The molecule has 134 valence electrons. The van der Waals surface area contributed by atoms with Gasteiger partial charge in [-0.25, -0.2) is 4.68 Å². The van der Waals surface area contributed by atoms with Gasteiger partial charge in [-0.1, -0.05) is 0 Å². The average molecular weight is 361 g/mol. The number of carbonyl (C=O) groups excluding carboxylic acids is 2. The number of pyridine rings is 1. The van der Waals surface area contributed by atoms with E-state index in [2.05, 4.69) is 10.1 Å². The second-order valence-corrected chi connectivity index (χ2v) is 5.84. The molecule has 0 fully saturated rings. The Morgan fingerprint density at radius 2 is 1.89 bits per heavy atom. The van der Waals surface area contributed by atoms with Gasteiger partial charge in [0.1, 0.15) is 12.5 Å². The topological polar surface area (TPSA) is 103 Å². The van der Waals surface area contributed by atoms with Crippen LogP contribution in [-0.2, 0) is 4.74 Å². The van der Waals surface area contributed by atoms with Gasteiger partial charge in [0.25, 0.3) is 5.91 Å². The molecule has 0 saturated carbocycles. The maximum atomic E-state index is 12.0. The van der Waals surface area contributed by atoms with Crippen LogP contribution in [0.4, 0.5) is 5.69 Å². The largest absolute Gasteiger partial charge is 0.472 e. The van der Waals surface area contributed by atoms with E-state index >= 15 is 0 Å². The van der Waals surface area contributed by atoms with Gasteiger partial charge in [0.15, 0.2) is 5.69 Å². The summed E-state index contributed by atoms with van der Waals surface area (Å²) in [6.45, 7) is 0. The zero-order valence-corrected chi connectivity index (χ0v) is 14.1. The van der Waals surface area contributed by atoms with E-state index in [1.807, 2.05) is 12.1 Å². The maximum Gasteiger partial charge on any atom is 0.271 e. The summed E-state index contributed by atoms with van der Waals surface area (Å²) in [4.78, 5) is 28.6. The minimum atomic E-state index is -0.651. The molecule has 4 rings (SSSR count). The summed E-state index contributed by atoms with van der Waals surface area (Å²) in [5.74, 6) is -0.651. The van der Waals surface area contributed by atoms with E-state index in [4.69, 9.17) is 10.5 Å². The number of amides is 1. The highest BCUT2D eigenvalue weighted by Gasteiger charge is 2.29. The molecule has 8 nitrogen and oxygen atoms in total. The van der Waals surface area contributed by atoms with Crippen molar-refractivity contribution in [3.8, 4) is 5.69 Å². The van der Waals surface area contributed by atoms with Crippen LogP contribution < -0.4 is 10.6 Å². The molecule has 0 aliphatic carbocycles. The molecule has 1 aromatic carbocycles. The molecule has 2 N–H and O–H groups in total. The average Bonchev–Trinajstić information content (AvgIpc) is 3.36. The molecule has 1 unspecified atom stereocenters. The van der Waals surface area contributed by atoms with Crippen LogP contribution in [0.15, 0.2) is 67.5 Å². The number of carbonyl (C=O) groups is 2. The summed E-state index contributed by atoms with van der Waals surface area (Å²) < 4.78 is 7.22. The first-order chi connectivity index (χ1) is 13.2. The molecule has 0 spiro atoms. The lowest BCUT2D eigenvalue weighted by atomic mass is 10.2. The second kappa shape index (κ2) is 6.75. The number of rotatable bonds is 5. The molecule has 3 heterocycles. The van der Waals surface area contributed by atoms with Crippen LogP contribution in [0.3, 0.4) is 0 Å². The van der Waals surface area contributed by atoms with E-state index in [1.165, 1.54) is 0 Å². The van der Waals surface area contributed by atoms with Gasteiger partial charge >= 0.3 is 0 Å². The predicted molar refractivity (Wildman–Crippen MR) is 97.2 cm³/mol. The van der Waals surface area contributed by atoms with Gasteiger partial charge in [-0.15, -0.1) is 0 Å². The highest BCUT2D eigenvalue weighted by molar-refractivity contribution is 5.97.